The van der Waals surface area contributed by atoms with Gasteiger partial charge in [0.25, 0.3) is 0 Å². The predicted molar refractivity (Wildman–Crippen MR) is 58.0 cm³/mol. The molecule has 2 aromatic rings. The lowest BCUT2D eigenvalue weighted by Gasteiger charge is -1.91. The fraction of sp³-hybridized carbons (Fsp3) is 0. The predicted octanol–water partition coefficient (Wildman–Crippen LogP) is 2.45. The first kappa shape index (κ1) is 11.0. The maximum atomic E-state index is 10.7. The Kier molecular flexibility index (Phi) is 3.13. The van der Waals surface area contributed by atoms with Crippen molar-refractivity contribution < 1.29 is 9.90 Å². The molecule has 0 saturated heterocycles. The molecule has 0 spiro atoms. The third-order valence-corrected chi connectivity index (χ3v) is 2.20. The highest BCUT2D eigenvalue weighted by Crippen LogP contribution is 2.19. The Labute approximate surface area is 93.9 Å². The molecular weight excluding hydrogens is 271 g/mol. The van der Waals surface area contributed by atoms with Gasteiger partial charge in [-0.05, 0) is 22.0 Å². The van der Waals surface area contributed by atoms with Crippen molar-refractivity contribution in [2.45, 2.75) is 0 Å². The second-order valence-electron chi connectivity index (χ2n) is 2.56. The first-order valence-corrected chi connectivity index (χ1v) is 4.33. The quantitative estimate of drug-likeness (QED) is 0.787. The number of hydrogen-bond acceptors (Lipinski definition) is 2. The number of hydrogen-bond donors (Lipinski definition) is 2. The Morgan fingerprint density at radius 1 is 1.57 bits per heavy atom. The van der Waals surface area contributed by atoms with Gasteiger partial charge in [0.1, 0.15) is 4.60 Å². The monoisotopic (exact) mass is 276 g/mol. The van der Waals surface area contributed by atoms with E-state index in [0.29, 0.717) is 9.99 Å². The third-order valence-electron chi connectivity index (χ3n) is 1.76. The van der Waals surface area contributed by atoms with Crippen molar-refractivity contribution in [2.75, 3.05) is 0 Å². The number of carboxylic acids is 1. The van der Waals surface area contributed by atoms with Gasteiger partial charge in [-0.2, -0.15) is 0 Å². The molecular formula is C8H6BrClN2O2. The fourth-order valence-electron chi connectivity index (χ4n) is 1.17. The van der Waals surface area contributed by atoms with Crippen molar-refractivity contribution in [2.24, 2.45) is 0 Å². The molecule has 2 rings (SSSR count). The molecule has 6 heteroatoms. The highest BCUT2D eigenvalue weighted by Gasteiger charge is 2.10. The van der Waals surface area contributed by atoms with E-state index < -0.39 is 5.97 Å². The van der Waals surface area contributed by atoms with Crippen molar-refractivity contribution in [3.8, 4) is 0 Å². The zero-order valence-electron chi connectivity index (χ0n) is 6.82. The third kappa shape index (κ3) is 1.73. The van der Waals surface area contributed by atoms with Crippen LogP contribution in [0.25, 0.3) is 10.9 Å². The van der Waals surface area contributed by atoms with Crippen LogP contribution >= 0.6 is 28.3 Å². The normalized spacial score (nSPS) is 9.79. The van der Waals surface area contributed by atoms with Crippen LogP contribution in [0.3, 0.4) is 0 Å². The molecule has 0 unspecified atom stereocenters. The molecule has 14 heavy (non-hydrogen) atoms. The number of carboxylic acid groups (broad SMARTS) is 1. The Bertz CT molecular complexity index is 483. The van der Waals surface area contributed by atoms with Gasteiger partial charge in [-0.15, -0.1) is 12.4 Å². The minimum Gasteiger partial charge on any atom is -0.478 e. The lowest BCUT2D eigenvalue weighted by molar-refractivity contribution is 0.0699. The molecule has 2 heterocycles. The van der Waals surface area contributed by atoms with Crippen LogP contribution in [0.4, 0.5) is 0 Å². The minimum absolute atomic E-state index is 0. The zero-order valence-corrected chi connectivity index (χ0v) is 9.22. The number of pyridine rings is 1. The van der Waals surface area contributed by atoms with Crippen molar-refractivity contribution in [1.29, 1.82) is 0 Å². The molecule has 0 aliphatic carbocycles. The van der Waals surface area contributed by atoms with E-state index in [1.54, 1.807) is 6.07 Å². The van der Waals surface area contributed by atoms with Crippen LogP contribution in [-0.2, 0) is 0 Å². The SMILES string of the molecule is Cl.O=C(O)c1c[nH]c2cc(Br)ncc12. The van der Waals surface area contributed by atoms with E-state index in [9.17, 15) is 4.79 Å². The van der Waals surface area contributed by atoms with Gasteiger partial charge >= 0.3 is 5.97 Å². The molecule has 0 aliphatic heterocycles. The summed E-state index contributed by atoms with van der Waals surface area (Å²) in [7, 11) is 0. The van der Waals surface area contributed by atoms with Crippen LogP contribution in [0, 0.1) is 0 Å². The Morgan fingerprint density at radius 3 is 2.93 bits per heavy atom. The van der Waals surface area contributed by atoms with Gasteiger partial charge in [-0.1, -0.05) is 0 Å². The molecule has 0 aromatic carbocycles. The van der Waals surface area contributed by atoms with Crippen molar-refractivity contribution in [3.05, 3.63) is 28.6 Å². The van der Waals surface area contributed by atoms with Crippen LogP contribution in [0.2, 0.25) is 0 Å². The van der Waals surface area contributed by atoms with Crippen LogP contribution in [0.1, 0.15) is 10.4 Å². The molecule has 4 nitrogen and oxygen atoms in total. The molecule has 74 valence electrons. The lowest BCUT2D eigenvalue weighted by Crippen LogP contribution is -1.93. The summed E-state index contributed by atoms with van der Waals surface area (Å²) < 4.78 is 0.679. The summed E-state index contributed by atoms with van der Waals surface area (Å²) in [5.41, 5.74) is 1.01. The number of nitrogens with zero attached hydrogens (tertiary/aromatic N) is 1. The molecule has 0 aliphatic rings. The van der Waals surface area contributed by atoms with Gasteiger partial charge in [-0.3, -0.25) is 0 Å². The van der Waals surface area contributed by atoms with Gasteiger partial charge in [0.2, 0.25) is 0 Å². The largest absolute Gasteiger partial charge is 0.478 e. The molecule has 0 radical (unpaired) electrons. The van der Waals surface area contributed by atoms with Crippen molar-refractivity contribution >= 4 is 45.2 Å². The van der Waals surface area contributed by atoms with E-state index >= 15 is 0 Å². The zero-order chi connectivity index (χ0) is 9.42. The summed E-state index contributed by atoms with van der Waals surface area (Å²) in [4.78, 5) is 17.5. The van der Waals surface area contributed by atoms with Crippen LogP contribution in [0.5, 0.6) is 0 Å². The maximum absolute atomic E-state index is 10.7. The number of halogens is 2. The first-order chi connectivity index (χ1) is 6.18. The number of nitrogens with one attached hydrogen (secondary N) is 1. The number of H-pyrrole nitrogens is 1. The second kappa shape index (κ2) is 3.98. The summed E-state index contributed by atoms with van der Waals surface area (Å²) in [5.74, 6) is -0.949. The Hall–Kier alpha value is -1.07. The number of fused-ring (bicyclic) bond motifs is 1. The molecule has 0 saturated carbocycles. The molecule has 0 amide bonds. The van der Waals surface area contributed by atoms with Gasteiger partial charge in [0, 0.05) is 17.8 Å². The lowest BCUT2D eigenvalue weighted by atomic mass is 10.2. The van der Waals surface area contributed by atoms with Crippen molar-refractivity contribution in [1.82, 2.24) is 9.97 Å². The number of aromatic amines is 1. The Balaban J connectivity index is 0.000000980. The van der Waals surface area contributed by atoms with Gasteiger partial charge in [0.05, 0.1) is 11.1 Å². The summed E-state index contributed by atoms with van der Waals surface area (Å²) >= 11 is 3.20. The summed E-state index contributed by atoms with van der Waals surface area (Å²) in [6.45, 7) is 0. The smallest absolute Gasteiger partial charge is 0.337 e. The molecule has 0 fully saturated rings. The van der Waals surface area contributed by atoms with Gasteiger partial charge < -0.3 is 10.1 Å². The fourth-order valence-corrected chi connectivity index (χ4v) is 1.50. The van der Waals surface area contributed by atoms with Gasteiger partial charge in [-0.25, -0.2) is 9.78 Å². The van der Waals surface area contributed by atoms with E-state index in [4.69, 9.17) is 5.11 Å². The summed E-state index contributed by atoms with van der Waals surface area (Å²) in [6, 6.07) is 1.74. The summed E-state index contributed by atoms with van der Waals surface area (Å²) in [6.07, 6.45) is 2.99. The van der Waals surface area contributed by atoms with E-state index in [2.05, 4.69) is 25.9 Å². The number of aromatic nitrogens is 2. The number of aromatic carboxylic acids is 1. The highest BCUT2D eigenvalue weighted by atomic mass is 79.9. The average Bonchev–Trinajstić information content (AvgIpc) is 2.46. The number of carbonyl (C=O) groups is 1. The van der Waals surface area contributed by atoms with Crippen LogP contribution in [0.15, 0.2) is 23.1 Å². The summed E-state index contributed by atoms with van der Waals surface area (Å²) in [5, 5.41) is 9.40. The highest BCUT2D eigenvalue weighted by molar-refractivity contribution is 9.10. The first-order valence-electron chi connectivity index (χ1n) is 3.54. The van der Waals surface area contributed by atoms with E-state index in [1.165, 1.54) is 12.4 Å². The van der Waals surface area contributed by atoms with Crippen molar-refractivity contribution in [3.63, 3.8) is 0 Å². The average molecular weight is 278 g/mol. The van der Waals surface area contributed by atoms with Gasteiger partial charge in [0.15, 0.2) is 0 Å². The van der Waals surface area contributed by atoms with Crippen LogP contribution in [-0.4, -0.2) is 21.0 Å². The minimum atomic E-state index is -0.949. The maximum Gasteiger partial charge on any atom is 0.337 e. The van der Waals surface area contributed by atoms with Crippen LogP contribution < -0.4 is 0 Å². The Morgan fingerprint density at radius 2 is 2.29 bits per heavy atom. The van der Waals surface area contributed by atoms with E-state index in [1.807, 2.05) is 0 Å². The second-order valence-corrected chi connectivity index (χ2v) is 3.37. The number of rotatable bonds is 1. The van der Waals surface area contributed by atoms with E-state index in [-0.39, 0.29) is 18.0 Å². The standard InChI is InChI=1S/C8H5BrN2O2.ClH/c9-7-1-6-4(2-11-7)5(3-10-6)8(12)13;/h1-3,10H,(H,12,13);1H. The van der Waals surface area contributed by atoms with E-state index in [0.717, 1.165) is 5.52 Å². The molecule has 2 N–H and O–H groups in total. The molecule has 0 bridgehead atoms. The molecule has 2 aromatic heterocycles. The molecule has 0 atom stereocenters. The topological polar surface area (TPSA) is 66.0 Å².